The van der Waals surface area contributed by atoms with Crippen molar-refractivity contribution in [1.29, 1.82) is 0 Å². The lowest BCUT2D eigenvalue weighted by atomic mass is 9.72. The third kappa shape index (κ3) is 8.36. The molecule has 7 fully saturated rings. The van der Waals surface area contributed by atoms with E-state index in [9.17, 15) is 19.2 Å². The van der Waals surface area contributed by atoms with Crippen LogP contribution in [-0.2, 0) is 24.6 Å². The highest BCUT2D eigenvalue weighted by atomic mass is 16.2. The number of nitrogens with zero attached hydrogens (tertiary/aromatic N) is 10. The SMILES string of the molecule is CC(C)n1cnc2cc(-c3ccc4c(c3)N(C3CC(N5CCCCC5)C3)C(=O)C43CCN(C(=O)C4(C)CCN(C(=O)C5CCN(c6ccc(N7CCC(=O)NC7=O)cn6)CC5)CC4)CC3)nc(NC3CC3)c21. The highest BCUT2D eigenvalue weighted by molar-refractivity contribution is 6.10. The number of fused-ring (bicyclic) bond motifs is 3. The fourth-order valence-corrected chi connectivity index (χ4v) is 13.1. The molecular weight excluding hydrogens is 909 g/mol. The number of imidazole rings is 1. The zero-order chi connectivity index (χ0) is 49.5. The molecule has 6 amide bonds. The zero-order valence-electron chi connectivity index (χ0n) is 42.3. The summed E-state index contributed by atoms with van der Waals surface area (Å²) >= 11 is 0. The van der Waals surface area contributed by atoms with Crippen molar-refractivity contribution in [2.45, 2.75) is 140 Å². The molecule has 3 aromatic heterocycles. The van der Waals surface area contributed by atoms with Crippen LogP contribution in [0.15, 0.2) is 48.9 Å². The largest absolute Gasteiger partial charge is 0.366 e. The van der Waals surface area contributed by atoms with Gasteiger partial charge in [0.15, 0.2) is 5.82 Å². The van der Waals surface area contributed by atoms with Gasteiger partial charge in [0.05, 0.1) is 34.8 Å². The van der Waals surface area contributed by atoms with Crippen LogP contribution in [-0.4, -0.2) is 141 Å². The van der Waals surface area contributed by atoms with E-state index in [1.54, 1.807) is 6.20 Å². The Morgan fingerprint density at radius 1 is 0.792 bits per heavy atom. The second kappa shape index (κ2) is 18.4. The lowest BCUT2D eigenvalue weighted by molar-refractivity contribution is -0.150. The lowest BCUT2D eigenvalue weighted by Gasteiger charge is -2.48. The summed E-state index contributed by atoms with van der Waals surface area (Å²) < 4.78 is 2.20. The van der Waals surface area contributed by atoms with Crippen LogP contribution in [0.25, 0.3) is 22.3 Å². The Balaban J connectivity index is 0.705. The van der Waals surface area contributed by atoms with Crippen molar-refractivity contribution in [3.63, 3.8) is 0 Å². The number of nitrogens with one attached hydrogen (secondary N) is 2. The molecule has 4 aromatic rings. The molecule has 8 aliphatic rings. The molecule has 17 heteroatoms. The van der Waals surface area contributed by atoms with Gasteiger partial charge in [0.2, 0.25) is 23.6 Å². The monoisotopic (exact) mass is 979 g/mol. The number of benzene rings is 1. The van der Waals surface area contributed by atoms with Gasteiger partial charge in [0.1, 0.15) is 11.3 Å². The Kier molecular flexibility index (Phi) is 12.0. The van der Waals surface area contributed by atoms with Crippen molar-refractivity contribution in [3.8, 4) is 11.3 Å². The summed E-state index contributed by atoms with van der Waals surface area (Å²) in [5, 5.41) is 6.06. The minimum absolute atomic E-state index is 0.0807. The maximum absolute atomic E-state index is 15.3. The number of anilines is 4. The van der Waals surface area contributed by atoms with E-state index in [0.29, 0.717) is 89.3 Å². The van der Waals surface area contributed by atoms with Gasteiger partial charge in [0.25, 0.3) is 0 Å². The smallest absolute Gasteiger partial charge is 0.328 e. The summed E-state index contributed by atoms with van der Waals surface area (Å²) in [6.45, 7) is 12.6. The minimum atomic E-state index is -0.688. The average molecular weight is 979 g/mol. The number of aromatic nitrogens is 4. The molecule has 72 heavy (non-hydrogen) atoms. The second-order valence-electron chi connectivity index (χ2n) is 22.8. The maximum atomic E-state index is 15.3. The van der Waals surface area contributed by atoms with Gasteiger partial charge in [-0.05, 0) is 134 Å². The van der Waals surface area contributed by atoms with Crippen LogP contribution in [0.3, 0.4) is 0 Å². The third-order valence-electron chi connectivity index (χ3n) is 17.9. The van der Waals surface area contributed by atoms with Crippen LogP contribution in [0.5, 0.6) is 0 Å². The number of likely N-dealkylation sites (tertiary alicyclic amines) is 3. The zero-order valence-corrected chi connectivity index (χ0v) is 42.3. The predicted molar refractivity (Wildman–Crippen MR) is 276 cm³/mol. The number of rotatable bonds is 10. The average Bonchev–Trinajstić information content (AvgIpc) is 4.05. The van der Waals surface area contributed by atoms with Crippen LogP contribution >= 0.6 is 0 Å². The first-order valence-electron chi connectivity index (χ1n) is 27.1. The van der Waals surface area contributed by atoms with Gasteiger partial charge < -0.3 is 34.4 Å². The number of hydrogen-bond donors (Lipinski definition) is 2. The first-order chi connectivity index (χ1) is 34.9. The van der Waals surface area contributed by atoms with Gasteiger partial charge in [-0.3, -0.25) is 29.4 Å². The molecule has 0 bridgehead atoms. The Bertz CT molecular complexity index is 2770. The minimum Gasteiger partial charge on any atom is -0.366 e. The Labute approximate surface area is 422 Å². The van der Waals surface area contributed by atoms with Gasteiger partial charge in [0, 0.05) is 99.0 Å². The van der Waals surface area contributed by atoms with Crippen molar-refractivity contribution in [2.75, 3.05) is 78.9 Å². The van der Waals surface area contributed by atoms with Gasteiger partial charge in [-0.25, -0.2) is 19.7 Å². The van der Waals surface area contributed by atoms with Crippen LogP contribution in [0.4, 0.5) is 27.8 Å². The standard InChI is InChI=1S/C55H70N12O5/c1-35(2)66-34-57-44-32-43(59-49(48(44)66)58-38-8-9-38)37-7-11-42-45(29-37)67(41-30-40(31-41)61-20-5-4-6-21-61)52(71)55(42)18-27-64(28-19-55)51(70)54(3)16-25-63(26-17-54)50(69)36-13-22-62(23-14-36)46-12-10-39(33-56-46)65-24-15-47(68)60-53(65)72/h7,10-12,29,32-36,38,40-41H,4-6,8-9,13-28,30-31H2,1-3H3,(H,58,59)(H,60,68,72). The fraction of sp³-hybridized carbons (Fsp3) is 0.600. The first kappa shape index (κ1) is 46.9. The van der Waals surface area contributed by atoms with Crippen molar-refractivity contribution in [3.05, 3.63) is 54.5 Å². The number of carbonyl (C=O) groups is 5. The molecule has 0 radical (unpaired) electrons. The van der Waals surface area contributed by atoms with Crippen LogP contribution in [0.2, 0.25) is 0 Å². The molecule has 1 spiro atoms. The van der Waals surface area contributed by atoms with E-state index in [-0.39, 0.29) is 48.1 Å². The molecule has 2 saturated carbocycles. The van der Waals surface area contributed by atoms with Gasteiger partial charge in [-0.2, -0.15) is 0 Å². The molecule has 2 N–H and O–H groups in total. The number of piperidine rings is 4. The van der Waals surface area contributed by atoms with Crippen LogP contribution in [0.1, 0.15) is 122 Å². The molecule has 0 atom stereocenters. The van der Waals surface area contributed by atoms with Crippen LogP contribution in [0, 0.1) is 11.3 Å². The number of hydrogen-bond acceptors (Lipinski definition) is 11. The summed E-state index contributed by atoms with van der Waals surface area (Å²) in [7, 11) is 0. The summed E-state index contributed by atoms with van der Waals surface area (Å²) in [4.78, 5) is 95.0. The highest BCUT2D eigenvalue weighted by Crippen LogP contribution is 2.53. The molecule has 6 aliphatic heterocycles. The van der Waals surface area contributed by atoms with Crippen LogP contribution < -0.4 is 25.3 Å². The summed E-state index contributed by atoms with van der Waals surface area (Å²) in [5.41, 5.74) is 5.26. The van der Waals surface area contributed by atoms with E-state index >= 15 is 4.79 Å². The van der Waals surface area contributed by atoms with Gasteiger partial charge in [-0.1, -0.05) is 25.5 Å². The number of amides is 6. The van der Waals surface area contributed by atoms with E-state index < -0.39 is 16.9 Å². The number of imide groups is 1. The molecule has 2 aliphatic carbocycles. The Morgan fingerprint density at radius 3 is 2.21 bits per heavy atom. The highest BCUT2D eigenvalue weighted by Gasteiger charge is 2.56. The molecule has 12 rings (SSSR count). The number of pyridine rings is 2. The van der Waals surface area contributed by atoms with E-state index in [1.165, 1.54) is 24.2 Å². The maximum Gasteiger partial charge on any atom is 0.328 e. The Morgan fingerprint density at radius 2 is 1.53 bits per heavy atom. The van der Waals surface area contributed by atoms with Crippen molar-refractivity contribution in [2.24, 2.45) is 11.3 Å². The lowest BCUT2D eigenvalue weighted by Crippen LogP contribution is -2.59. The second-order valence-corrected chi connectivity index (χ2v) is 22.8. The van der Waals surface area contributed by atoms with E-state index in [0.717, 1.165) is 96.8 Å². The first-order valence-corrected chi connectivity index (χ1v) is 27.1. The molecule has 380 valence electrons. The summed E-state index contributed by atoms with van der Waals surface area (Å²) in [6.07, 6.45) is 15.7. The quantitative estimate of drug-likeness (QED) is 0.170. The van der Waals surface area contributed by atoms with E-state index in [1.807, 2.05) is 28.3 Å². The predicted octanol–water partition coefficient (Wildman–Crippen LogP) is 6.86. The topological polar surface area (TPSA) is 172 Å². The molecule has 5 saturated heterocycles. The molecule has 9 heterocycles. The van der Waals surface area contributed by atoms with E-state index in [2.05, 4.69) is 79.9 Å². The fourth-order valence-electron chi connectivity index (χ4n) is 13.1. The molecule has 1 aromatic carbocycles. The molecular formula is C55H70N12O5. The summed E-state index contributed by atoms with van der Waals surface area (Å²) in [6, 6.07) is 13.3. The molecule has 0 unspecified atom stereocenters. The van der Waals surface area contributed by atoms with Crippen molar-refractivity contribution < 1.29 is 24.0 Å². The number of carbonyl (C=O) groups excluding carboxylic acids is 5. The van der Waals surface area contributed by atoms with Crippen molar-refractivity contribution in [1.82, 2.24) is 39.5 Å². The Hall–Kier alpha value is -6.10. The summed E-state index contributed by atoms with van der Waals surface area (Å²) in [5.74, 6) is 1.83. The van der Waals surface area contributed by atoms with Crippen molar-refractivity contribution >= 4 is 63.7 Å². The van der Waals surface area contributed by atoms with Gasteiger partial charge in [-0.15, -0.1) is 0 Å². The molecule has 17 nitrogen and oxygen atoms in total. The van der Waals surface area contributed by atoms with E-state index in [4.69, 9.17) is 9.97 Å². The third-order valence-corrected chi connectivity index (χ3v) is 17.9. The number of urea groups is 1. The van der Waals surface area contributed by atoms with Gasteiger partial charge >= 0.3 is 6.03 Å². The normalized spacial score (nSPS) is 24.8.